The lowest BCUT2D eigenvalue weighted by Gasteiger charge is -2.10. The molecular formula is C16H23N3O5S. The van der Waals surface area contributed by atoms with E-state index >= 15 is 0 Å². The minimum absolute atomic E-state index is 0.176. The number of aliphatic imine (C=N–C) groups is 1. The summed E-state index contributed by atoms with van der Waals surface area (Å²) in [6.07, 6.45) is 0.675. The fraction of sp³-hybridized carbons (Fsp3) is 0.500. The number of ether oxygens (including phenoxy) is 2. The summed E-state index contributed by atoms with van der Waals surface area (Å²) < 4.78 is 36.6. The fourth-order valence-corrected chi connectivity index (χ4v) is 3.50. The molecule has 0 aromatic heterocycles. The number of hydrogen-bond donors (Lipinski definition) is 2. The molecule has 0 radical (unpaired) electrons. The van der Waals surface area contributed by atoms with Gasteiger partial charge in [0.05, 0.1) is 18.1 Å². The molecule has 2 rings (SSSR count). The Morgan fingerprint density at radius 2 is 2.04 bits per heavy atom. The first-order chi connectivity index (χ1) is 12.0. The van der Waals surface area contributed by atoms with Crippen molar-refractivity contribution in [2.75, 3.05) is 33.5 Å². The molecule has 138 valence electrons. The van der Waals surface area contributed by atoms with Gasteiger partial charge in [0.1, 0.15) is 11.9 Å². The Morgan fingerprint density at radius 3 is 2.80 bits per heavy atom. The van der Waals surface area contributed by atoms with E-state index in [0.29, 0.717) is 38.3 Å². The van der Waals surface area contributed by atoms with Gasteiger partial charge in [-0.15, -0.1) is 0 Å². The third-order valence-corrected chi connectivity index (χ3v) is 4.96. The highest BCUT2D eigenvalue weighted by Gasteiger charge is 2.31. The lowest BCUT2D eigenvalue weighted by Crippen LogP contribution is -2.34. The molecule has 0 saturated heterocycles. The first-order valence-electron chi connectivity index (χ1n) is 8.00. The van der Waals surface area contributed by atoms with Crippen molar-refractivity contribution in [3.05, 3.63) is 29.8 Å². The number of amides is 1. The van der Waals surface area contributed by atoms with E-state index in [1.807, 2.05) is 0 Å². The minimum atomic E-state index is -3.60. The van der Waals surface area contributed by atoms with Gasteiger partial charge in [-0.2, -0.15) is 0 Å². The molecule has 1 aromatic carbocycles. The Kier molecular flexibility index (Phi) is 6.91. The van der Waals surface area contributed by atoms with Crippen LogP contribution in [0.1, 0.15) is 18.9 Å². The molecular weight excluding hydrogens is 346 g/mol. The van der Waals surface area contributed by atoms with E-state index in [1.165, 1.54) is 6.07 Å². The average Bonchev–Trinajstić information content (AvgIpc) is 2.85. The summed E-state index contributed by atoms with van der Waals surface area (Å²) >= 11 is 0. The summed E-state index contributed by atoms with van der Waals surface area (Å²) in [5.41, 5.74) is 0.480. The molecule has 1 aliphatic rings. The molecule has 2 N–H and O–H groups in total. The van der Waals surface area contributed by atoms with Crippen LogP contribution in [0.4, 0.5) is 0 Å². The maximum Gasteiger partial charge on any atom is 0.263 e. The topological polar surface area (TPSA) is 106 Å². The highest BCUT2D eigenvalue weighted by molar-refractivity contribution is 7.90. The lowest BCUT2D eigenvalue weighted by atomic mass is 10.2. The quantitative estimate of drug-likeness (QED) is 0.608. The standard InChI is InChI=1S/C16H23N3O5S/c1-12(16(20)17-8-5-9-24-11-10-23-2)18-15-13-6-3-4-7-14(13)25(21,22)19-15/h3-4,6-7,12H,5,8-11H2,1-2H3,(H,17,20)(H,18,19)/t12-/m1/s1. The summed E-state index contributed by atoms with van der Waals surface area (Å²) in [5, 5.41) is 2.76. The largest absolute Gasteiger partial charge is 0.382 e. The van der Waals surface area contributed by atoms with Crippen LogP contribution in [-0.4, -0.2) is 59.7 Å². The van der Waals surface area contributed by atoms with E-state index in [0.717, 1.165) is 0 Å². The van der Waals surface area contributed by atoms with Crippen LogP contribution in [0.15, 0.2) is 34.2 Å². The molecule has 1 amide bonds. The molecule has 1 heterocycles. The van der Waals surface area contributed by atoms with Crippen LogP contribution in [0.2, 0.25) is 0 Å². The maximum atomic E-state index is 12.1. The van der Waals surface area contributed by atoms with Crippen LogP contribution >= 0.6 is 0 Å². The Morgan fingerprint density at radius 1 is 1.28 bits per heavy atom. The Hall–Kier alpha value is -1.97. The molecule has 0 saturated carbocycles. The van der Waals surface area contributed by atoms with Crippen molar-refractivity contribution in [3.63, 3.8) is 0 Å². The minimum Gasteiger partial charge on any atom is -0.382 e. The molecule has 0 bridgehead atoms. The zero-order valence-corrected chi connectivity index (χ0v) is 15.1. The molecule has 8 nitrogen and oxygen atoms in total. The molecule has 25 heavy (non-hydrogen) atoms. The monoisotopic (exact) mass is 369 g/mol. The summed E-state index contributed by atoms with van der Waals surface area (Å²) in [6, 6.07) is 5.83. The summed E-state index contributed by atoms with van der Waals surface area (Å²) in [6.45, 7) is 3.67. The van der Waals surface area contributed by atoms with Crippen molar-refractivity contribution in [1.29, 1.82) is 0 Å². The first kappa shape index (κ1) is 19.4. The number of carbonyl (C=O) groups excluding carboxylic acids is 1. The summed E-state index contributed by atoms with van der Waals surface area (Å²) in [4.78, 5) is 16.5. The van der Waals surface area contributed by atoms with Gasteiger partial charge in [-0.05, 0) is 25.5 Å². The number of rotatable bonds is 9. The molecule has 0 spiro atoms. The smallest absolute Gasteiger partial charge is 0.263 e. The third kappa shape index (κ3) is 5.25. The zero-order chi connectivity index (χ0) is 18.3. The second kappa shape index (κ2) is 8.93. The van der Waals surface area contributed by atoms with Crippen LogP contribution in [0, 0.1) is 0 Å². The third-order valence-electron chi connectivity index (χ3n) is 3.56. The highest BCUT2D eigenvalue weighted by atomic mass is 32.2. The normalized spacial score (nSPS) is 17.8. The highest BCUT2D eigenvalue weighted by Crippen LogP contribution is 2.22. The van der Waals surface area contributed by atoms with Crippen molar-refractivity contribution < 1.29 is 22.7 Å². The Balaban J connectivity index is 1.86. The van der Waals surface area contributed by atoms with E-state index in [1.54, 1.807) is 32.2 Å². The van der Waals surface area contributed by atoms with Crippen LogP contribution in [0.3, 0.4) is 0 Å². The van der Waals surface area contributed by atoms with Crippen LogP contribution in [0.25, 0.3) is 0 Å². The predicted molar refractivity (Wildman–Crippen MR) is 93.1 cm³/mol. The van der Waals surface area contributed by atoms with E-state index in [2.05, 4.69) is 15.0 Å². The molecule has 1 aromatic rings. The number of hydrogen-bond acceptors (Lipinski definition) is 6. The number of benzene rings is 1. The number of carbonyl (C=O) groups is 1. The van der Waals surface area contributed by atoms with Gasteiger partial charge in [0.25, 0.3) is 10.0 Å². The van der Waals surface area contributed by atoms with Crippen molar-refractivity contribution in [2.24, 2.45) is 4.99 Å². The van der Waals surface area contributed by atoms with Crippen LogP contribution < -0.4 is 10.0 Å². The molecule has 9 heteroatoms. The number of nitrogens with zero attached hydrogens (tertiary/aromatic N) is 1. The van der Waals surface area contributed by atoms with Gasteiger partial charge in [0, 0.05) is 25.8 Å². The summed E-state index contributed by atoms with van der Waals surface area (Å²) in [7, 11) is -1.99. The SMILES string of the molecule is COCCOCCCNC(=O)[C@@H](C)N=C1NS(=O)(=O)c2ccccc21. The predicted octanol–water partition coefficient (Wildman–Crippen LogP) is 0.283. The van der Waals surface area contributed by atoms with Crippen molar-refractivity contribution >= 4 is 21.8 Å². The number of methoxy groups -OCH3 is 1. The van der Waals surface area contributed by atoms with E-state index < -0.39 is 16.1 Å². The maximum absolute atomic E-state index is 12.1. The fourth-order valence-electron chi connectivity index (χ4n) is 2.26. The first-order valence-corrected chi connectivity index (χ1v) is 9.48. The van der Waals surface area contributed by atoms with Gasteiger partial charge in [-0.25, -0.2) is 8.42 Å². The second-order valence-electron chi connectivity index (χ2n) is 5.51. The van der Waals surface area contributed by atoms with E-state index in [4.69, 9.17) is 9.47 Å². The average molecular weight is 369 g/mol. The van der Waals surface area contributed by atoms with Gasteiger partial charge in [-0.1, -0.05) is 12.1 Å². The van der Waals surface area contributed by atoms with Crippen LogP contribution in [0.5, 0.6) is 0 Å². The van der Waals surface area contributed by atoms with Gasteiger partial charge in [-0.3, -0.25) is 14.5 Å². The number of amidine groups is 1. The molecule has 1 atom stereocenters. The molecule has 0 unspecified atom stereocenters. The Bertz CT molecular complexity index is 733. The number of nitrogens with one attached hydrogen (secondary N) is 2. The summed E-state index contributed by atoms with van der Waals surface area (Å²) in [5.74, 6) is -0.0749. The molecule has 1 aliphatic heterocycles. The van der Waals surface area contributed by atoms with Gasteiger partial charge < -0.3 is 14.8 Å². The number of sulfonamides is 1. The Labute approximate surface area is 147 Å². The molecule has 0 aliphatic carbocycles. The van der Waals surface area contributed by atoms with Gasteiger partial charge in [0.15, 0.2) is 0 Å². The van der Waals surface area contributed by atoms with Crippen LogP contribution in [-0.2, 0) is 24.3 Å². The van der Waals surface area contributed by atoms with Gasteiger partial charge in [0.2, 0.25) is 5.91 Å². The van der Waals surface area contributed by atoms with E-state index in [-0.39, 0.29) is 16.6 Å². The van der Waals surface area contributed by atoms with Crippen molar-refractivity contribution in [1.82, 2.24) is 10.0 Å². The lowest BCUT2D eigenvalue weighted by molar-refractivity contribution is -0.121. The second-order valence-corrected chi connectivity index (χ2v) is 7.16. The van der Waals surface area contributed by atoms with Crippen molar-refractivity contribution in [3.8, 4) is 0 Å². The van der Waals surface area contributed by atoms with Gasteiger partial charge >= 0.3 is 0 Å². The zero-order valence-electron chi connectivity index (χ0n) is 14.3. The van der Waals surface area contributed by atoms with Crippen molar-refractivity contribution in [2.45, 2.75) is 24.3 Å². The number of fused-ring (bicyclic) bond motifs is 1. The molecule has 0 fully saturated rings. The van der Waals surface area contributed by atoms with E-state index in [9.17, 15) is 13.2 Å².